The number of aromatic nitrogens is 2. The van der Waals surface area contributed by atoms with E-state index in [4.69, 9.17) is 0 Å². The molecule has 7 heteroatoms. The highest BCUT2D eigenvalue weighted by Gasteiger charge is 2.19. The molecule has 0 radical (unpaired) electrons. The lowest BCUT2D eigenvalue weighted by Crippen LogP contribution is -2.29. The molecule has 2 heterocycles. The van der Waals surface area contributed by atoms with E-state index in [0.717, 1.165) is 10.0 Å². The molecule has 32 heavy (non-hydrogen) atoms. The summed E-state index contributed by atoms with van der Waals surface area (Å²) >= 11 is 3.35. The van der Waals surface area contributed by atoms with Crippen LogP contribution in [-0.2, 0) is 17.9 Å². The van der Waals surface area contributed by atoms with Gasteiger partial charge < -0.3 is 9.88 Å². The quantitative estimate of drug-likeness (QED) is 0.414. The van der Waals surface area contributed by atoms with Gasteiger partial charge in [-0.25, -0.2) is 4.98 Å². The van der Waals surface area contributed by atoms with Gasteiger partial charge in [0, 0.05) is 28.5 Å². The lowest BCUT2D eigenvalue weighted by Gasteiger charge is -2.13. The Morgan fingerprint density at radius 3 is 2.44 bits per heavy atom. The molecule has 0 aliphatic heterocycles. The SMILES string of the molecule is Cc1ccc2c(=O)c(C(=O)c3ccc(Br)cc3)cn(CC(=O)NCc3ccccc3)c2n1. The molecule has 4 aromatic rings. The van der Waals surface area contributed by atoms with Gasteiger partial charge in [-0.15, -0.1) is 0 Å². The van der Waals surface area contributed by atoms with Crippen LogP contribution in [0.1, 0.15) is 27.2 Å². The minimum Gasteiger partial charge on any atom is -0.350 e. The lowest BCUT2D eigenvalue weighted by molar-refractivity contribution is -0.121. The second kappa shape index (κ2) is 9.28. The Kier molecular flexibility index (Phi) is 6.28. The average Bonchev–Trinajstić information content (AvgIpc) is 2.80. The van der Waals surface area contributed by atoms with Crippen molar-refractivity contribution in [3.63, 3.8) is 0 Å². The Morgan fingerprint density at radius 1 is 1.00 bits per heavy atom. The summed E-state index contributed by atoms with van der Waals surface area (Å²) in [7, 11) is 0. The molecule has 160 valence electrons. The Bertz CT molecular complexity index is 1360. The minimum absolute atomic E-state index is 0.00124. The molecule has 6 nitrogen and oxygen atoms in total. The first-order valence-corrected chi connectivity index (χ1v) is 10.8. The van der Waals surface area contributed by atoms with Crippen LogP contribution in [0.15, 0.2) is 82.2 Å². The fourth-order valence-corrected chi connectivity index (χ4v) is 3.67. The van der Waals surface area contributed by atoms with E-state index < -0.39 is 11.2 Å². The second-order valence-corrected chi connectivity index (χ2v) is 8.34. The number of nitrogens with zero attached hydrogens (tertiary/aromatic N) is 2. The van der Waals surface area contributed by atoms with E-state index in [1.165, 1.54) is 6.20 Å². The highest BCUT2D eigenvalue weighted by Crippen LogP contribution is 2.16. The van der Waals surface area contributed by atoms with Crippen molar-refractivity contribution in [2.75, 3.05) is 0 Å². The van der Waals surface area contributed by atoms with Gasteiger partial charge in [0.15, 0.2) is 5.78 Å². The summed E-state index contributed by atoms with van der Waals surface area (Å²) in [4.78, 5) is 43.3. The van der Waals surface area contributed by atoms with Crippen molar-refractivity contribution >= 4 is 38.7 Å². The van der Waals surface area contributed by atoms with E-state index in [2.05, 4.69) is 26.2 Å². The first-order valence-electron chi connectivity index (χ1n) is 10.0. The fraction of sp³-hybridized carbons (Fsp3) is 0.120. The maximum Gasteiger partial charge on any atom is 0.240 e. The topological polar surface area (TPSA) is 81.1 Å². The Hall–Kier alpha value is -3.58. The number of amides is 1. The Balaban J connectivity index is 1.70. The number of pyridine rings is 2. The highest BCUT2D eigenvalue weighted by atomic mass is 79.9. The molecule has 2 aromatic carbocycles. The molecular formula is C25H20BrN3O3. The molecule has 0 aliphatic rings. The molecule has 0 saturated carbocycles. The van der Waals surface area contributed by atoms with Crippen molar-refractivity contribution in [2.45, 2.75) is 20.0 Å². The summed E-state index contributed by atoms with van der Waals surface area (Å²) in [6.45, 7) is 2.13. The summed E-state index contributed by atoms with van der Waals surface area (Å²) in [5.74, 6) is -0.646. The van der Waals surface area contributed by atoms with Crippen molar-refractivity contribution in [1.29, 1.82) is 0 Å². The number of hydrogen-bond acceptors (Lipinski definition) is 4. The van der Waals surface area contributed by atoms with Gasteiger partial charge in [0.25, 0.3) is 0 Å². The third-order valence-corrected chi connectivity index (χ3v) is 5.59. The van der Waals surface area contributed by atoms with Crippen LogP contribution in [0.5, 0.6) is 0 Å². The number of carbonyl (C=O) groups excluding carboxylic acids is 2. The van der Waals surface area contributed by atoms with Crippen molar-refractivity contribution < 1.29 is 9.59 Å². The standard InChI is InChI=1S/C25H20BrN3O3/c1-16-7-12-20-24(32)21(23(31)18-8-10-19(26)11-9-18)14-29(25(20)28-16)15-22(30)27-13-17-5-3-2-4-6-17/h2-12,14H,13,15H2,1H3,(H,27,30). The number of carbonyl (C=O) groups is 2. The number of rotatable bonds is 6. The van der Waals surface area contributed by atoms with Crippen LogP contribution in [0.3, 0.4) is 0 Å². The summed E-state index contributed by atoms with van der Waals surface area (Å²) in [5, 5.41) is 3.17. The van der Waals surface area contributed by atoms with Crippen LogP contribution in [0.4, 0.5) is 0 Å². The number of ketones is 1. The number of hydrogen-bond donors (Lipinski definition) is 1. The van der Waals surface area contributed by atoms with Gasteiger partial charge in [-0.1, -0.05) is 46.3 Å². The summed E-state index contributed by atoms with van der Waals surface area (Å²) in [6.07, 6.45) is 1.43. The minimum atomic E-state index is -0.402. The molecule has 2 aromatic heterocycles. The molecule has 0 unspecified atom stereocenters. The first-order chi connectivity index (χ1) is 15.4. The number of benzene rings is 2. The Labute approximate surface area is 193 Å². The van der Waals surface area contributed by atoms with E-state index in [9.17, 15) is 14.4 Å². The summed E-state index contributed by atoms with van der Waals surface area (Å²) in [6, 6.07) is 19.7. The van der Waals surface area contributed by atoms with Crippen LogP contribution >= 0.6 is 15.9 Å². The summed E-state index contributed by atoms with van der Waals surface area (Å²) in [5.41, 5.74) is 2.05. The zero-order valence-electron chi connectivity index (χ0n) is 17.3. The maximum atomic E-state index is 13.1. The molecule has 0 saturated heterocycles. The highest BCUT2D eigenvalue weighted by molar-refractivity contribution is 9.10. The number of aryl methyl sites for hydroxylation is 1. The van der Waals surface area contributed by atoms with Gasteiger partial charge in [-0.3, -0.25) is 14.4 Å². The van der Waals surface area contributed by atoms with Crippen molar-refractivity contribution in [2.24, 2.45) is 0 Å². The van der Waals surface area contributed by atoms with E-state index in [-0.39, 0.29) is 18.0 Å². The number of fused-ring (bicyclic) bond motifs is 1. The Morgan fingerprint density at radius 2 is 1.72 bits per heavy atom. The number of halogens is 1. The van der Waals surface area contributed by atoms with Crippen LogP contribution in [0.25, 0.3) is 11.0 Å². The van der Waals surface area contributed by atoms with Gasteiger partial charge >= 0.3 is 0 Å². The molecule has 0 fully saturated rings. The predicted octanol–water partition coefficient (Wildman–Crippen LogP) is 4.01. The van der Waals surface area contributed by atoms with Gasteiger partial charge in [-0.05, 0) is 48.9 Å². The summed E-state index contributed by atoms with van der Waals surface area (Å²) < 4.78 is 2.40. The molecule has 0 spiro atoms. The lowest BCUT2D eigenvalue weighted by atomic mass is 10.0. The number of nitrogens with one attached hydrogen (secondary N) is 1. The largest absolute Gasteiger partial charge is 0.350 e. The zero-order valence-corrected chi connectivity index (χ0v) is 18.9. The van der Waals surface area contributed by atoms with Crippen LogP contribution < -0.4 is 10.7 Å². The van der Waals surface area contributed by atoms with Gasteiger partial charge in [0.05, 0.1) is 10.9 Å². The van der Waals surface area contributed by atoms with E-state index >= 15 is 0 Å². The van der Waals surface area contributed by atoms with Crippen LogP contribution in [-0.4, -0.2) is 21.2 Å². The molecule has 0 aliphatic carbocycles. The average molecular weight is 490 g/mol. The van der Waals surface area contributed by atoms with Crippen LogP contribution in [0.2, 0.25) is 0 Å². The molecule has 1 amide bonds. The first kappa shape index (κ1) is 21.6. The molecule has 4 rings (SSSR count). The van der Waals surface area contributed by atoms with Crippen molar-refractivity contribution in [3.05, 3.63) is 110 Å². The molecule has 1 N–H and O–H groups in total. The van der Waals surface area contributed by atoms with Crippen molar-refractivity contribution in [1.82, 2.24) is 14.9 Å². The van der Waals surface area contributed by atoms with Gasteiger partial charge in [-0.2, -0.15) is 0 Å². The van der Waals surface area contributed by atoms with E-state index in [1.54, 1.807) is 41.0 Å². The zero-order chi connectivity index (χ0) is 22.7. The maximum absolute atomic E-state index is 13.1. The van der Waals surface area contributed by atoms with Gasteiger partial charge in [0.1, 0.15) is 12.2 Å². The predicted molar refractivity (Wildman–Crippen MR) is 127 cm³/mol. The molecule has 0 atom stereocenters. The van der Waals surface area contributed by atoms with Gasteiger partial charge in [0.2, 0.25) is 11.3 Å². The molecule has 0 bridgehead atoms. The van der Waals surface area contributed by atoms with E-state index in [1.807, 2.05) is 37.3 Å². The smallest absolute Gasteiger partial charge is 0.240 e. The van der Waals surface area contributed by atoms with Crippen molar-refractivity contribution in [3.8, 4) is 0 Å². The normalized spacial score (nSPS) is 10.8. The third-order valence-electron chi connectivity index (χ3n) is 5.06. The second-order valence-electron chi connectivity index (χ2n) is 7.42. The third kappa shape index (κ3) is 4.68. The van der Waals surface area contributed by atoms with Crippen LogP contribution in [0, 0.1) is 6.92 Å². The molecular weight excluding hydrogens is 470 g/mol. The fourth-order valence-electron chi connectivity index (χ4n) is 3.41. The monoisotopic (exact) mass is 489 g/mol. The van der Waals surface area contributed by atoms with E-state index in [0.29, 0.717) is 28.8 Å².